The van der Waals surface area contributed by atoms with E-state index in [-0.39, 0.29) is 23.3 Å². The molecule has 0 aromatic heterocycles. The summed E-state index contributed by atoms with van der Waals surface area (Å²) in [5.41, 5.74) is 2.15. The number of carbonyl (C=O) groups is 2. The molecule has 0 aliphatic carbocycles. The average molecular weight is 433 g/mol. The summed E-state index contributed by atoms with van der Waals surface area (Å²) in [7, 11) is 0. The lowest BCUT2D eigenvalue weighted by molar-refractivity contribution is -0.119. The Morgan fingerprint density at radius 3 is 2.54 bits per heavy atom. The molecule has 2 aliphatic rings. The molecule has 2 fully saturated rings. The number of esters is 1. The molecule has 4 rings (SSSR count). The van der Waals surface area contributed by atoms with Crippen molar-refractivity contribution in [1.29, 1.82) is 0 Å². The lowest BCUT2D eigenvalue weighted by atomic mass is 10.2. The number of thiocarbonyl (C=S) groups is 1. The molecule has 144 valence electrons. The summed E-state index contributed by atoms with van der Waals surface area (Å²) in [4.78, 5) is 28.4. The molecule has 0 radical (unpaired) electrons. The van der Waals surface area contributed by atoms with Gasteiger partial charge in [0.2, 0.25) is 0 Å². The quantitative estimate of drug-likeness (QED) is 0.531. The first-order chi connectivity index (χ1) is 13.5. The molecule has 28 heavy (non-hydrogen) atoms. The molecule has 2 atom stereocenters. The van der Waals surface area contributed by atoms with Crippen LogP contribution in [-0.4, -0.2) is 40.3 Å². The minimum absolute atomic E-state index is 0.0254. The predicted octanol–water partition coefficient (Wildman–Crippen LogP) is 4.26. The van der Waals surface area contributed by atoms with E-state index in [1.807, 2.05) is 29.2 Å². The molecule has 2 unspecified atom stereocenters. The Bertz CT molecular complexity index is 933. The Labute approximate surface area is 177 Å². The van der Waals surface area contributed by atoms with Crippen LogP contribution >= 0.6 is 35.6 Å². The first-order valence-electron chi connectivity index (χ1n) is 8.81. The van der Waals surface area contributed by atoms with Crippen molar-refractivity contribution in [3.05, 3.63) is 64.7 Å². The van der Waals surface area contributed by atoms with E-state index in [0.717, 1.165) is 5.56 Å². The molecular weight excluding hydrogens is 416 g/mol. The fraction of sp³-hybridized carbons (Fsp3) is 0.250. The number of benzene rings is 2. The van der Waals surface area contributed by atoms with Crippen LogP contribution in [0.5, 0.6) is 0 Å². The minimum Gasteiger partial charge on any atom is -0.462 e. The molecule has 2 heterocycles. The van der Waals surface area contributed by atoms with Gasteiger partial charge < -0.3 is 9.64 Å². The summed E-state index contributed by atoms with van der Waals surface area (Å²) < 4.78 is 5.00. The number of hydrogen-bond acceptors (Lipinski definition) is 5. The van der Waals surface area contributed by atoms with Gasteiger partial charge >= 0.3 is 5.97 Å². The number of hydrogen-bond donors (Lipinski definition) is 0. The second kappa shape index (κ2) is 7.73. The van der Waals surface area contributed by atoms with Crippen molar-refractivity contribution in [1.82, 2.24) is 4.90 Å². The molecule has 0 bridgehead atoms. The van der Waals surface area contributed by atoms with Crippen LogP contribution in [0.15, 0.2) is 48.5 Å². The molecule has 2 aromatic carbocycles. The van der Waals surface area contributed by atoms with Gasteiger partial charge in [-0.25, -0.2) is 4.79 Å². The fourth-order valence-corrected chi connectivity index (χ4v) is 5.42. The Morgan fingerprint density at radius 1 is 1.21 bits per heavy atom. The molecule has 1 amide bonds. The van der Waals surface area contributed by atoms with E-state index in [1.54, 1.807) is 47.9 Å². The minimum atomic E-state index is -0.385. The van der Waals surface area contributed by atoms with Crippen LogP contribution in [0.2, 0.25) is 5.02 Å². The molecule has 5 nitrogen and oxygen atoms in total. The van der Waals surface area contributed by atoms with Gasteiger partial charge in [-0.05, 0) is 61.1 Å². The highest BCUT2D eigenvalue weighted by Gasteiger charge is 2.50. The van der Waals surface area contributed by atoms with Crippen LogP contribution in [0.1, 0.15) is 28.2 Å². The summed E-state index contributed by atoms with van der Waals surface area (Å²) >= 11 is 13.4. The van der Waals surface area contributed by atoms with E-state index in [2.05, 4.69) is 0 Å². The van der Waals surface area contributed by atoms with Crippen LogP contribution in [0.3, 0.4) is 0 Å². The van der Waals surface area contributed by atoms with Gasteiger partial charge in [-0.1, -0.05) is 23.7 Å². The van der Waals surface area contributed by atoms with Crippen molar-refractivity contribution in [3.8, 4) is 0 Å². The smallest absolute Gasteiger partial charge is 0.338 e. The maximum absolute atomic E-state index is 13.0. The van der Waals surface area contributed by atoms with Crippen molar-refractivity contribution in [2.45, 2.75) is 18.3 Å². The number of halogens is 1. The highest BCUT2D eigenvalue weighted by molar-refractivity contribution is 7.99. The van der Waals surface area contributed by atoms with Crippen molar-refractivity contribution < 1.29 is 14.3 Å². The Kier molecular flexibility index (Phi) is 5.31. The average Bonchev–Trinajstić information content (AvgIpc) is 3.23. The number of thioether (sulfide) groups is 1. The number of fused-ring (bicyclic) bond motifs is 1. The van der Waals surface area contributed by atoms with Crippen LogP contribution in [0, 0.1) is 0 Å². The van der Waals surface area contributed by atoms with Gasteiger partial charge in [0, 0.05) is 10.8 Å². The molecule has 2 aliphatic heterocycles. The standard InChI is InChI=1S/C20H17ClN2O3S2/c1-2-26-19(25)13-5-9-15(10-6-13)22-17(24)16-11-28-18(23(16)20(22)27)12-3-7-14(21)8-4-12/h3-10,16,18H,2,11H2,1H3. The van der Waals surface area contributed by atoms with Crippen LogP contribution in [0.25, 0.3) is 0 Å². The Morgan fingerprint density at radius 2 is 1.89 bits per heavy atom. The third-order valence-corrected chi connectivity index (χ3v) is 6.68. The van der Waals surface area contributed by atoms with E-state index >= 15 is 0 Å². The van der Waals surface area contributed by atoms with E-state index in [0.29, 0.717) is 33.7 Å². The van der Waals surface area contributed by atoms with Gasteiger partial charge in [0.05, 0.1) is 17.9 Å². The van der Waals surface area contributed by atoms with Crippen LogP contribution in [0.4, 0.5) is 5.69 Å². The highest BCUT2D eigenvalue weighted by atomic mass is 35.5. The van der Waals surface area contributed by atoms with E-state index in [1.165, 1.54) is 0 Å². The van der Waals surface area contributed by atoms with Gasteiger partial charge in [-0.2, -0.15) is 0 Å². The normalized spacial score (nSPS) is 21.2. The first kappa shape index (κ1) is 19.2. The second-order valence-corrected chi connectivity index (χ2v) is 8.30. The summed E-state index contributed by atoms with van der Waals surface area (Å²) in [6, 6.07) is 14.1. The Hall–Kier alpha value is -2.09. The molecule has 8 heteroatoms. The molecule has 0 N–H and O–H groups in total. The first-order valence-corrected chi connectivity index (χ1v) is 10.6. The number of anilines is 1. The van der Waals surface area contributed by atoms with Crippen molar-refractivity contribution in [2.24, 2.45) is 0 Å². The number of carbonyl (C=O) groups excluding carboxylic acids is 2. The zero-order chi connectivity index (χ0) is 19.8. The second-order valence-electron chi connectivity index (χ2n) is 6.38. The lowest BCUT2D eigenvalue weighted by Crippen LogP contribution is -2.33. The fourth-order valence-electron chi connectivity index (χ4n) is 3.37. The zero-order valence-electron chi connectivity index (χ0n) is 15.0. The summed E-state index contributed by atoms with van der Waals surface area (Å²) in [6.45, 7) is 2.07. The number of amides is 1. The summed E-state index contributed by atoms with van der Waals surface area (Å²) in [5, 5.41) is 1.12. The Balaban J connectivity index is 1.59. The number of nitrogens with zero attached hydrogens (tertiary/aromatic N) is 2. The number of rotatable bonds is 4. The van der Waals surface area contributed by atoms with Gasteiger partial charge in [0.15, 0.2) is 5.11 Å². The van der Waals surface area contributed by atoms with Gasteiger partial charge in [0.1, 0.15) is 11.4 Å². The van der Waals surface area contributed by atoms with E-state index in [4.69, 9.17) is 28.6 Å². The number of ether oxygens (including phenoxy) is 1. The highest BCUT2D eigenvalue weighted by Crippen LogP contribution is 2.46. The molecule has 2 aromatic rings. The zero-order valence-corrected chi connectivity index (χ0v) is 17.4. The lowest BCUT2D eigenvalue weighted by Gasteiger charge is -2.25. The topological polar surface area (TPSA) is 49.9 Å². The third-order valence-electron chi connectivity index (χ3n) is 4.71. The van der Waals surface area contributed by atoms with E-state index < -0.39 is 0 Å². The third kappa shape index (κ3) is 3.27. The maximum atomic E-state index is 13.0. The molecule has 2 saturated heterocycles. The van der Waals surface area contributed by atoms with Gasteiger partial charge in [-0.3, -0.25) is 9.69 Å². The van der Waals surface area contributed by atoms with Gasteiger partial charge in [0.25, 0.3) is 5.91 Å². The summed E-state index contributed by atoms with van der Waals surface area (Å²) in [5.74, 6) is 0.242. The van der Waals surface area contributed by atoms with Crippen molar-refractivity contribution in [3.63, 3.8) is 0 Å². The monoisotopic (exact) mass is 432 g/mol. The largest absolute Gasteiger partial charge is 0.462 e. The summed E-state index contributed by atoms with van der Waals surface area (Å²) in [6.07, 6.45) is 0. The molecular formula is C20H17ClN2O3S2. The van der Waals surface area contributed by atoms with Crippen LogP contribution < -0.4 is 4.90 Å². The van der Waals surface area contributed by atoms with E-state index in [9.17, 15) is 9.59 Å². The van der Waals surface area contributed by atoms with Gasteiger partial charge in [-0.15, -0.1) is 11.8 Å². The maximum Gasteiger partial charge on any atom is 0.338 e. The molecule has 0 saturated carbocycles. The molecule has 0 spiro atoms. The predicted molar refractivity (Wildman–Crippen MR) is 115 cm³/mol. The van der Waals surface area contributed by atoms with Crippen LogP contribution in [-0.2, 0) is 9.53 Å². The van der Waals surface area contributed by atoms with Crippen molar-refractivity contribution >= 4 is 58.3 Å². The SMILES string of the molecule is CCOC(=O)c1ccc(N2C(=O)C3CSC(c4ccc(Cl)cc4)N3C2=S)cc1. The van der Waals surface area contributed by atoms with Crippen molar-refractivity contribution in [2.75, 3.05) is 17.3 Å².